The summed E-state index contributed by atoms with van der Waals surface area (Å²) in [6, 6.07) is 0.546. The van der Waals surface area contributed by atoms with Crippen LogP contribution in [-0.4, -0.2) is 45.5 Å². The van der Waals surface area contributed by atoms with E-state index in [9.17, 15) is 0 Å². The van der Waals surface area contributed by atoms with Crippen LogP contribution in [-0.2, 0) is 6.54 Å². The fraction of sp³-hybridized carbons (Fsp3) is 0.727. The molecule has 2 aliphatic rings. The fourth-order valence-electron chi connectivity index (χ4n) is 3.17. The van der Waals surface area contributed by atoms with E-state index in [0.717, 1.165) is 31.5 Å². The van der Waals surface area contributed by atoms with Crippen molar-refractivity contribution < 1.29 is 0 Å². The Bertz CT molecular complexity index is 429. The Morgan fingerprint density at radius 2 is 1.94 bits per heavy atom. The molecular formula is C11H19N7. The van der Waals surface area contributed by atoms with Crippen molar-refractivity contribution >= 4 is 11.9 Å². The van der Waals surface area contributed by atoms with Gasteiger partial charge in [-0.25, -0.2) is 0 Å². The second-order valence-corrected chi connectivity index (χ2v) is 5.22. The van der Waals surface area contributed by atoms with Crippen LogP contribution in [0.15, 0.2) is 0 Å². The van der Waals surface area contributed by atoms with Gasteiger partial charge in [-0.15, -0.1) is 0 Å². The predicted octanol–water partition coefficient (Wildman–Crippen LogP) is -0.924. The van der Waals surface area contributed by atoms with Gasteiger partial charge in [0.15, 0.2) is 0 Å². The highest BCUT2D eigenvalue weighted by atomic mass is 15.2. The van der Waals surface area contributed by atoms with Crippen molar-refractivity contribution in [2.24, 2.45) is 11.8 Å². The quantitative estimate of drug-likeness (QED) is 0.622. The number of aromatic nitrogens is 3. The predicted molar refractivity (Wildman–Crippen MR) is 68.4 cm³/mol. The fourth-order valence-corrected chi connectivity index (χ4v) is 3.17. The first-order valence-corrected chi connectivity index (χ1v) is 6.34. The lowest BCUT2D eigenvalue weighted by Crippen LogP contribution is -2.33. The average Bonchev–Trinajstić information content (AvgIpc) is 2.83. The van der Waals surface area contributed by atoms with Crippen LogP contribution in [0.1, 0.15) is 12.7 Å². The number of rotatable bonds is 2. The third-order valence-electron chi connectivity index (χ3n) is 4.12. The highest BCUT2D eigenvalue weighted by Crippen LogP contribution is 2.32. The van der Waals surface area contributed by atoms with Crippen LogP contribution in [0.25, 0.3) is 0 Å². The summed E-state index contributed by atoms with van der Waals surface area (Å²) in [5.41, 5.74) is 11.2. The van der Waals surface area contributed by atoms with Crippen molar-refractivity contribution in [2.45, 2.75) is 19.5 Å². The highest BCUT2D eigenvalue weighted by molar-refractivity contribution is 5.25. The summed E-state index contributed by atoms with van der Waals surface area (Å²) in [5.74, 6) is 2.55. The normalized spacial score (nSPS) is 31.7. The molecule has 7 nitrogen and oxygen atoms in total. The minimum atomic E-state index is 0.200. The maximum absolute atomic E-state index is 5.59. The van der Waals surface area contributed by atoms with E-state index in [1.807, 2.05) is 0 Å². The number of nitrogens with one attached hydrogen (secondary N) is 1. The number of nitrogens with zero attached hydrogens (tertiary/aromatic N) is 4. The molecule has 2 aliphatic heterocycles. The van der Waals surface area contributed by atoms with E-state index in [1.165, 1.54) is 0 Å². The zero-order valence-corrected chi connectivity index (χ0v) is 10.5. The molecule has 1 aromatic rings. The molecule has 3 atom stereocenters. The Morgan fingerprint density at radius 3 is 2.61 bits per heavy atom. The first kappa shape index (κ1) is 11.6. The van der Waals surface area contributed by atoms with E-state index >= 15 is 0 Å². The van der Waals surface area contributed by atoms with Gasteiger partial charge in [-0.05, 0) is 31.8 Å². The van der Waals surface area contributed by atoms with E-state index in [0.29, 0.717) is 18.4 Å². The molecule has 2 saturated heterocycles. The molecule has 0 amide bonds. The van der Waals surface area contributed by atoms with Gasteiger partial charge in [0, 0.05) is 12.6 Å². The maximum Gasteiger partial charge on any atom is 0.225 e. The zero-order chi connectivity index (χ0) is 12.7. The average molecular weight is 249 g/mol. The van der Waals surface area contributed by atoms with E-state index in [1.54, 1.807) is 0 Å². The van der Waals surface area contributed by atoms with Gasteiger partial charge in [-0.2, -0.15) is 15.0 Å². The second-order valence-electron chi connectivity index (χ2n) is 5.22. The number of fused-ring (bicyclic) bond motifs is 1. The van der Waals surface area contributed by atoms with E-state index in [-0.39, 0.29) is 11.9 Å². The van der Waals surface area contributed by atoms with Crippen molar-refractivity contribution in [3.8, 4) is 0 Å². The molecule has 3 unspecified atom stereocenters. The van der Waals surface area contributed by atoms with Gasteiger partial charge in [-0.3, -0.25) is 4.90 Å². The lowest BCUT2D eigenvalue weighted by molar-refractivity contribution is 0.226. The molecule has 2 fully saturated rings. The minimum Gasteiger partial charge on any atom is -0.368 e. The van der Waals surface area contributed by atoms with Crippen LogP contribution in [0.5, 0.6) is 0 Å². The summed E-state index contributed by atoms with van der Waals surface area (Å²) in [6.45, 7) is 6.29. The van der Waals surface area contributed by atoms with Crippen molar-refractivity contribution in [3.05, 3.63) is 5.82 Å². The molecule has 7 heteroatoms. The number of hydrogen-bond acceptors (Lipinski definition) is 7. The molecule has 3 heterocycles. The number of nitrogens with two attached hydrogens (primary N) is 2. The Labute approximate surface area is 106 Å². The Balaban J connectivity index is 1.73. The number of likely N-dealkylation sites (tertiary alicyclic amines) is 1. The van der Waals surface area contributed by atoms with Gasteiger partial charge in [0.25, 0.3) is 0 Å². The van der Waals surface area contributed by atoms with E-state index in [4.69, 9.17) is 11.5 Å². The molecule has 98 valence electrons. The van der Waals surface area contributed by atoms with E-state index in [2.05, 4.69) is 32.1 Å². The van der Waals surface area contributed by atoms with Crippen LogP contribution in [0.2, 0.25) is 0 Å². The Morgan fingerprint density at radius 1 is 1.22 bits per heavy atom. The molecule has 5 N–H and O–H groups in total. The zero-order valence-electron chi connectivity index (χ0n) is 10.5. The summed E-state index contributed by atoms with van der Waals surface area (Å²) < 4.78 is 0. The Hall–Kier alpha value is -1.47. The third-order valence-corrected chi connectivity index (χ3v) is 4.12. The van der Waals surface area contributed by atoms with Gasteiger partial charge in [-0.1, -0.05) is 0 Å². The largest absolute Gasteiger partial charge is 0.368 e. The SMILES string of the molecule is CC1C2CNCC2CN1Cc1nc(N)nc(N)n1. The van der Waals surface area contributed by atoms with Crippen LogP contribution in [0.3, 0.4) is 0 Å². The summed E-state index contributed by atoms with van der Waals surface area (Å²) in [6.07, 6.45) is 0. The van der Waals surface area contributed by atoms with Crippen molar-refractivity contribution in [1.82, 2.24) is 25.2 Å². The van der Waals surface area contributed by atoms with Crippen molar-refractivity contribution in [3.63, 3.8) is 0 Å². The maximum atomic E-state index is 5.59. The van der Waals surface area contributed by atoms with Crippen LogP contribution < -0.4 is 16.8 Å². The lowest BCUT2D eigenvalue weighted by Gasteiger charge is -2.23. The summed E-state index contributed by atoms with van der Waals surface area (Å²) >= 11 is 0. The smallest absolute Gasteiger partial charge is 0.225 e. The summed E-state index contributed by atoms with van der Waals surface area (Å²) in [7, 11) is 0. The molecule has 0 saturated carbocycles. The lowest BCUT2D eigenvalue weighted by atomic mass is 9.95. The van der Waals surface area contributed by atoms with Gasteiger partial charge in [0.05, 0.1) is 6.54 Å². The second kappa shape index (κ2) is 4.33. The van der Waals surface area contributed by atoms with Crippen LogP contribution in [0, 0.1) is 11.8 Å². The Kier molecular flexibility index (Phi) is 2.79. The highest BCUT2D eigenvalue weighted by Gasteiger charge is 2.41. The first-order chi connectivity index (χ1) is 8.63. The molecule has 0 aliphatic carbocycles. The van der Waals surface area contributed by atoms with Gasteiger partial charge in [0.2, 0.25) is 11.9 Å². The van der Waals surface area contributed by atoms with Crippen molar-refractivity contribution in [2.75, 3.05) is 31.1 Å². The monoisotopic (exact) mass is 249 g/mol. The molecule has 1 aromatic heterocycles. The third kappa shape index (κ3) is 1.99. The summed E-state index contributed by atoms with van der Waals surface area (Å²) in [5, 5.41) is 3.45. The molecule has 0 radical (unpaired) electrons. The van der Waals surface area contributed by atoms with Gasteiger partial charge in [0.1, 0.15) is 5.82 Å². The molecule has 3 rings (SSSR count). The molecule has 0 bridgehead atoms. The molecule has 0 spiro atoms. The van der Waals surface area contributed by atoms with Crippen LogP contribution >= 0.6 is 0 Å². The van der Waals surface area contributed by atoms with E-state index < -0.39 is 0 Å². The number of nitrogen functional groups attached to an aromatic ring is 2. The molecule has 18 heavy (non-hydrogen) atoms. The van der Waals surface area contributed by atoms with Gasteiger partial charge < -0.3 is 16.8 Å². The van der Waals surface area contributed by atoms with Crippen molar-refractivity contribution in [1.29, 1.82) is 0 Å². The number of hydrogen-bond donors (Lipinski definition) is 3. The number of anilines is 2. The standard InChI is InChI=1S/C11H19N7/c1-6-8-3-14-2-7(8)4-18(6)5-9-15-10(12)17-11(13)16-9/h6-8,14H,2-5H2,1H3,(H4,12,13,15,16,17). The molecule has 0 aromatic carbocycles. The molecular weight excluding hydrogens is 230 g/mol. The summed E-state index contributed by atoms with van der Waals surface area (Å²) in [4.78, 5) is 14.5. The first-order valence-electron chi connectivity index (χ1n) is 6.34. The minimum absolute atomic E-state index is 0.200. The van der Waals surface area contributed by atoms with Crippen LogP contribution in [0.4, 0.5) is 11.9 Å². The topological polar surface area (TPSA) is 106 Å². The van der Waals surface area contributed by atoms with Gasteiger partial charge >= 0.3 is 0 Å².